The number of amides is 2. The second-order valence-corrected chi connectivity index (χ2v) is 7.18. The van der Waals surface area contributed by atoms with Gasteiger partial charge in [-0.2, -0.15) is 0 Å². The van der Waals surface area contributed by atoms with Gasteiger partial charge >= 0.3 is 0 Å². The van der Waals surface area contributed by atoms with Crippen LogP contribution in [0.25, 0.3) is 0 Å². The summed E-state index contributed by atoms with van der Waals surface area (Å²) >= 11 is 0. The van der Waals surface area contributed by atoms with Gasteiger partial charge in [0.25, 0.3) is 5.69 Å². The summed E-state index contributed by atoms with van der Waals surface area (Å²) in [7, 11) is 0. The Bertz CT molecular complexity index is 861. The van der Waals surface area contributed by atoms with E-state index in [1.807, 2.05) is 26.0 Å². The summed E-state index contributed by atoms with van der Waals surface area (Å²) in [5.41, 5.74) is 3.23. The fourth-order valence-corrected chi connectivity index (χ4v) is 4.62. The van der Waals surface area contributed by atoms with Crippen molar-refractivity contribution in [2.24, 2.45) is 23.7 Å². The number of benzene rings is 1. The zero-order valence-corrected chi connectivity index (χ0v) is 14.2. The van der Waals surface area contributed by atoms with Gasteiger partial charge < -0.3 is 0 Å². The Balaban J connectivity index is 1.79. The van der Waals surface area contributed by atoms with Gasteiger partial charge in [0, 0.05) is 24.0 Å². The van der Waals surface area contributed by atoms with Gasteiger partial charge in [-0.1, -0.05) is 29.4 Å². The number of non-ortho nitro benzene ring substituents is 1. The minimum Gasteiger partial charge on any atom is -0.274 e. The predicted molar refractivity (Wildman–Crippen MR) is 91.8 cm³/mol. The number of nitrogens with zero attached hydrogens (tertiary/aromatic N) is 2. The minimum absolute atomic E-state index is 0.0274. The van der Waals surface area contributed by atoms with Crippen molar-refractivity contribution in [2.45, 2.75) is 20.8 Å². The summed E-state index contributed by atoms with van der Waals surface area (Å²) in [6, 6.07) is 4.29. The number of hydrogen-bond donors (Lipinski definition) is 0. The van der Waals surface area contributed by atoms with E-state index in [1.165, 1.54) is 22.6 Å². The molecule has 0 unspecified atom stereocenters. The molecule has 4 atom stereocenters. The van der Waals surface area contributed by atoms with E-state index in [-0.39, 0.29) is 41.2 Å². The highest BCUT2D eigenvalue weighted by molar-refractivity contribution is 6.23. The predicted octanol–water partition coefficient (Wildman–Crippen LogP) is 3.16. The molecule has 25 heavy (non-hydrogen) atoms. The van der Waals surface area contributed by atoms with E-state index in [1.54, 1.807) is 13.0 Å². The smallest absolute Gasteiger partial charge is 0.271 e. The highest BCUT2D eigenvalue weighted by atomic mass is 16.6. The summed E-state index contributed by atoms with van der Waals surface area (Å²) in [4.78, 5) is 37.9. The summed E-state index contributed by atoms with van der Waals surface area (Å²) in [5, 5.41) is 11.1. The normalized spacial score (nSPS) is 29.6. The molecule has 2 fully saturated rings. The van der Waals surface area contributed by atoms with Crippen molar-refractivity contribution in [1.29, 1.82) is 0 Å². The number of nitro groups is 1. The minimum atomic E-state index is -0.513. The Hall–Kier alpha value is -2.76. The highest BCUT2D eigenvalue weighted by Crippen LogP contribution is 2.57. The zero-order chi connectivity index (χ0) is 18.0. The van der Waals surface area contributed by atoms with Crippen molar-refractivity contribution in [3.8, 4) is 0 Å². The van der Waals surface area contributed by atoms with E-state index in [0.29, 0.717) is 11.3 Å². The van der Waals surface area contributed by atoms with Crippen LogP contribution in [0.2, 0.25) is 0 Å². The van der Waals surface area contributed by atoms with E-state index < -0.39 is 4.92 Å². The lowest BCUT2D eigenvalue weighted by Gasteiger charge is -2.20. The first-order valence-electron chi connectivity index (χ1n) is 8.31. The number of allylic oxidation sites excluding steroid dienone is 4. The van der Waals surface area contributed by atoms with Gasteiger partial charge in [-0.15, -0.1) is 0 Å². The van der Waals surface area contributed by atoms with Gasteiger partial charge in [0.05, 0.1) is 22.4 Å². The average molecular weight is 338 g/mol. The molecule has 0 N–H and O–H groups in total. The molecule has 1 aliphatic heterocycles. The Morgan fingerprint density at radius 2 is 1.64 bits per heavy atom. The molecule has 6 heteroatoms. The van der Waals surface area contributed by atoms with Crippen LogP contribution >= 0.6 is 0 Å². The van der Waals surface area contributed by atoms with Gasteiger partial charge in [-0.05, 0) is 26.3 Å². The Labute approximate surface area is 145 Å². The second kappa shape index (κ2) is 5.12. The van der Waals surface area contributed by atoms with Gasteiger partial charge in [-0.3, -0.25) is 19.7 Å². The average Bonchev–Trinajstić information content (AvgIpc) is 3.18. The van der Waals surface area contributed by atoms with Crippen molar-refractivity contribution in [3.63, 3.8) is 0 Å². The van der Waals surface area contributed by atoms with Crippen LogP contribution < -0.4 is 4.90 Å². The Morgan fingerprint density at radius 3 is 2.12 bits per heavy atom. The van der Waals surface area contributed by atoms with Crippen molar-refractivity contribution < 1.29 is 14.5 Å². The molecule has 0 spiro atoms. The first kappa shape index (κ1) is 15.7. The van der Waals surface area contributed by atoms with Gasteiger partial charge in [0.15, 0.2) is 0 Å². The maximum Gasteiger partial charge on any atom is 0.271 e. The van der Waals surface area contributed by atoms with Crippen LogP contribution in [-0.2, 0) is 9.59 Å². The van der Waals surface area contributed by atoms with Crippen LogP contribution in [0.15, 0.2) is 41.5 Å². The van der Waals surface area contributed by atoms with Crippen LogP contribution in [0.3, 0.4) is 0 Å². The number of fused-ring (bicyclic) bond motifs is 5. The Morgan fingerprint density at radius 1 is 1.08 bits per heavy atom. The molecule has 128 valence electrons. The molecule has 1 saturated heterocycles. The SMILES string of the molecule is CC(C)=C1[C@@H]2C=C[C@@H]1[C@@H]1C(=O)N(c3cc([N+](=O)[O-])ccc3C)C(=O)[C@H]12. The molecule has 1 aromatic carbocycles. The summed E-state index contributed by atoms with van der Waals surface area (Å²) < 4.78 is 0. The summed E-state index contributed by atoms with van der Waals surface area (Å²) in [5.74, 6) is -1.30. The number of aryl methyl sites for hydroxylation is 1. The zero-order valence-electron chi connectivity index (χ0n) is 14.2. The van der Waals surface area contributed by atoms with Crippen LogP contribution in [-0.4, -0.2) is 16.7 Å². The maximum absolute atomic E-state index is 13.1. The topological polar surface area (TPSA) is 80.5 Å². The molecule has 1 aromatic rings. The number of rotatable bonds is 2. The lowest BCUT2D eigenvalue weighted by molar-refractivity contribution is -0.384. The van der Waals surface area contributed by atoms with Crippen molar-refractivity contribution >= 4 is 23.2 Å². The lowest BCUT2D eigenvalue weighted by Crippen LogP contribution is -2.33. The molecule has 6 nitrogen and oxygen atoms in total. The molecule has 3 aliphatic rings. The number of carbonyl (C=O) groups is 2. The molecule has 1 heterocycles. The fraction of sp³-hybridized carbons (Fsp3) is 0.368. The summed E-state index contributed by atoms with van der Waals surface area (Å²) in [6.07, 6.45) is 4.06. The number of carbonyl (C=O) groups excluding carboxylic acids is 2. The van der Waals surface area contributed by atoms with Crippen LogP contribution in [0.4, 0.5) is 11.4 Å². The van der Waals surface area contributed by atoms with Crippen molar-refractivity contribution in [1.82, 2.24) is 0 Å². The van der Waals surface area contributed by atoms with E-state index in [4.69, 9.17) is 0 Å². The number of nitro benzene ring substituents is 1. The molecule has 4 rings (SSSR count). The quantitative estimate of drug-likeness (QED) is 0.359. The fourth-order valence-electron chi connectivity index (χ4n) is 4.62. The van der Waals surface area contributed by atoms with Crippen molar-refractivity contribution in [3.05, 3.63) is 57.2 Å². The first-order valence-corrected chi connectivity index (χ1v) is 8.31. The molecule has 2 aliphatic carbocycles. The number of imide groups is 1. The standard InChI is InChI=1S/C19H18N2O4/c1-9(2)15-12-6-7-13(15)17-16(12)18(22)20(19(17)23)14-8-11(21(24)25)5-4-10(14)3/h4-8,12-13,16-17H,1-3H3/t12-,13-,16-,17-/m0/s1. The molecular weight excluding hydrogens is 320 g/mol. The molecule has 2 bridgehead atoms. The highest BCUT2D eigenvalue weighted by Gasteiger charge is 2.62. The van der Waals surface area contributed by atoms with Crippen LogP contribution in [0.1, 0.15) is 19.4 Å². The Kier molecular flexibility index (Phi) is 3.22. The number of hydrogen-bond acceptors (Lipinski definition) is 4. The monoisotopic (exact) mass is 338 g/mol. The molecule has 0 radical (unpaired) electrons. The largest absolute Gasteiger partial charge is 0.274 e. The molecule has 0 aromatic heterocycles. The maximum atomic E-state index is 13.1. The lowest BCUT2D eigenvalue weighted by atomic mass is 9.85. The van der Waals surface area contributed by atoms with Gasteiger partial charge in [0.1, 0.15) is 0 Å². The second-order valence-electron chi connectivity index (χ2n) is 7.18. The van der Waals surface area contributed by atoms with Gasteiger partial charge in [0.2, 0.25) is 11.8 Å². The third kappa shape index (κ3) is 1.97. The molecule has 1 saturated carbocycles. The molecule has 2 amide bonds. The van der Waals surface area contributed by atoms with E-state index in [2.05, 4.69) is 0 Å². The summed E-state index contributed by atoms with van der Waals surface area (Å²) in [6.45, 7) is 5.78. The van der Waals surface area contributed by atoms with E-state index in [0.717, 1.165) is 5.57 Å². The van der Waals surface area contributed by atoms with E-state index in [9.17, 15) is 19.7 Å². The molecular formula is C19H18N2O4. The first-order chi connectivity index (χ1) is 11.8. The third-order valence-electron chi connectivity index (χ3n) is 5.64. The van der Waals surface area contributed by atoms with Crippen LogP contribution in [0.5, 0.6) is 0 Å². The van der Waals surface area contributed by atoms with Crippen molar-refractivity contribution in [2.75, 3.05) is 4.90 Å². The van der Waals surface area contributed by atoms with Crippen LogP contribution in [0, 0.1) is 40.7 Å². The van der Waals surface area contributed by atoms with Gasteiger partial charge in [-0.25, -0.2) is 4.90 Å². The number of anilines is 1. The van der Waals surface area contributed by atoms with E-state index >= 15 is 0 Å². The third-order valence-corrected chi connectivity index (χ3v) is 5.64.